The number of piperidine rings is 1. The minimum absolute atomic E-state index is 0.261. The fourth-order valence-corrected chi connectivity index (χ4v) is 2.62. The molecule has 2 atom stereocenters. The normalized spacial score (nSPS) is 21.2. The molecule has 0 radical (unpaired) electrons. The van der Waals surface area contributed by atoms with Crippen LogP contribution < -0.4 is 4.74 Å². The van der Waals surface area contributed by atoms with Gasteiger partial charge in [-0.15, -0.1) is 0 Å². The number of hydrogen-bond acceptors (Lipinski definition) is 5. The number of hydrogen-bond donors (Lipinski definition) is 2. The summed E-state index contributed by atoms with van der Waals surface area (Å²) in [7, 11) is 1.64. The highest BCUT2D eigenvalue weighted by molar-refractivity contribution is 5.27. The Kier molecular flexibility index (Phi) is 6.45. The number of aliphatic hydroxyl groups is 2. The SMILES string of the molecule is COc1cccc(COC[C@H](O)CN2CCC[C@@H](O)C2)c1. The van der Waals surface area contributed by atoms with E-state index in [0.717, 1.165) is 30.7 Å². The third-order valence-electron chi connectivity index (χ3n) is 3.66. The summed E-state index contributed by atoms with van der Waals surface area (Å²) in [6, 6.07) is 7.70. The number of aliphatic hydroxyl groups excluding tert-OH is 2. The lowest BCUT2D eigenvalue weighted by molar-refractivity contribution is -0.00736. The quantitative estimate of drug-likeness (QED) is 0.787. The van der Waals surface area contributed by atoms with Gasteiger partial charge in [0.25, 0.3) is 0 Å². The van der Waals surface area contributed by atoms with Gasteiger partial charge in [0.15, 0.2) is 0 Å². The van der Waals surface area contributed by atoms with Crippen LogP contribution in [0.15, 0.2) is 24.3 Å². The Hall–Kier alpha value is -1.14. The number of ether oxygens (including phenoxy) is 2. The largest absolute Gasteiger partial charge is 0.497 e. The summed E-state index contributed by atoms with van der Waals surface area (Å²) < 4.78 is 10.7. The van der Waals surface area contributed by atoms with Gasteiger partial charge >= 0.3 is 0 Å². The Labute approximate surface area is 126 Å². The molecule has 1 aromatic carbocycles. The Morgan fingerprint density at radius 3 is 3.05 bits per heavy atom. The first kappa shape index (κ1) is 16.2. The summed E-state index contributed by atoms with van der Waals surface area (Å²) in [6.45, 7) is 2.88. The van der Waals surface area contributed by atoms with Crippen molar-refractivity contribution in [2.45, 2.75) is 31.7 Å². The van der Waals surface area contributed by atoms with E-state index in [4.69, 9.17) is 9.47 Å². The molecule has 1 aromatic rings. The van der Waals surface area contributed by atoms with Crippen molar-refractivity contribution in [1.82, 2.24) is 4.90 Å². The summed E-state index contributed by atoms with van der Waals surface area (Å²) in [6.07, 6.45) is 1.06. The van der Waals surface area contributed by atoms with Crippen LogP contribution in [-0.2, 0) is 11.3 Å². The number of benzene rings is 1. The highest BCUT2D eigenvalue weighted by Crippen LogP contribution is 2.14. The van der Waals surface area contributed by atoms with Gasteiger partial charge in [-0.2, -0.15) is 0 Å². The Morgan fingerprint density at radius 2 is 2.29 bits per heavy atom. The number of β-amino-alcohol motifs (C(OH)–C–C–N with tert-alkyl or cyclic N) is 2. The molecule has 0 spiro atoms. The van der Waals surface area contributed by atoms with Gasteiger partial charge in [0.2, 0.25) is 0 Å². The predicted octanol–water partition coefficient (Wildman–Crippen LogP) is 1.03. The van der Waals surface area contributed by atoms with Crippen LogP contribution in [-0.4, -0.2) is 60.7 Å². The van der Waals surface area contributed by atoms with Crippen LogP contribution in [0, 0.1) is 0 Å². The van der Waals surface area contributed by atoms with Crippen molar-refractivity contribution in [3.63, 3.8) is 0 Å². The zero-order valence-corrected chi connectivity index (χ0v) is 12.6. The average Bonchev–Trinajstić information content (AvgIpc) is 2.47. The molecule has 1 heterocycles. The molecule has 2 N–H and O–H groups in total. The van der Waals surface area contributed by atoms with Gasteiger partial charge in [-0.1, -0.05) is 12.1 Å². The molecule has 1 saturated heterocycles. The Balaban J connectivity index is 1.67. The van der Waals surface area contributed by atoms with Crippen molar-refractivity contribution in [1.29, 1.82) is 0 Å². The number of methoxy groups -OCH3 is 1. The second kappa shape index (κ2) is 8.34. The molecule has 21 heavy (non-hydrogen) atoms. The molecule has 0 amide bonds. The maximum absolute atomic E-state index is 9.99. The first-order valence-corrected chi connectivity index (χ1v) is 7.46. The van der Waals surface area contributed by atoms with Gasteiger partial charge in [0.1, 0.15) is 5.75 Å². The fraction of sp³-hybridized carbons (Fsp3) is 0.625. The highest BCUT2D eigenvalue weighted by Gasteiger charge is 2.19. The average molecular weight is 295 g/mol. The minimum atomic E-state index is -0.527. The summed E-state index contributed by atoms with van der Waals surface area (Å²) >= 11 is 0. The first-order valence-electron chi connectivity index (χ1n) is 7.46. The molecular formula is C16H25NO4. The van der Waals surface area contributed by atoms with Crippen molar-refractivity contribution in [3.8, 4) is 5.75 Å². The van der Waals surface area contributed by atoms with Crippen molar-refractivity contribution >= 4 is 0 Å². The van der Waals surface area contributed by atoms with Crippen LogP contribution in [0.3, 0.4) is 0 Å². The predicted molar refractivity (Wildman–Crippen MR) is 80.3 cm³/mol. The molecular weight excluding hydrogens is 270 g/mol. The first-order chi connectivity index (χ1) is 10.2. The maximum atomic E-state index is 9.99. The molecule has 0 unspecified atom stereocenters. The summed E-state index contributed by atoms with van der Waals surface area (Å²) in [4.78, 5) is 2.09. The molecule has 1 aliphatic heterocycles. The summed E-state index contributed by atoms with van der Waals surface area (Å²) in [5.74, 6) is 0.805. The van der Waals surface area contributed by atoms with E-state index in [9.17, 15) is 10.2 Å². The van der Waals surface area contributed by atoms with Crippen LogP contribution in [0.25, 0.3) is 0 Å². The van der Waals surface area contributed by atoms with Crippen LogP contribution in [0.1, 0.15) is 18.4 Å². The van der Waals surface area contributed by atoms with E-state index in [1.165, 1.54) is 0 Å². The zero-order valence-electron chi connectivity index (χ0n) is 12.6. The highest BCUT2D eigenvalue weighted by atomic mass is 16.5. The lowest BCUT2D eigenvalue weighted by Gasteiger charge is -2.31. The van der Waals surface area contributed by atoms with Gasteiger partial charge < -0.3 is 19.7 Å². The molecule has 1 aliphatic rings. The smallest absolute Gasteiger partial charge is 0.119 e. The Morgan fingerprint density at radius 1 is 1.43 bits per heavy atom. The van der Waals surface area contributed by atoms with Crippen LogP contribution in [0.4, 0.5) is 0 Å². The number of likely N-dealkylation sites (tertiary alicyclic amines) is 1. The van der Waals surface area contributed by atoms with Gasteiger partial charge in [0.05, 0.1) is 32.5 Å². The van der Waals surface area contributed by atoms with Crippen molar-refractivity contribution in [2.75, 3.05) is 33.4 Å². The van der Waals surface area contributed by atoms with Crippen molar-refractivity contribution in [2.24, 2.45) is 0 Å². The molecule has 5 heteroatoms. The topological polar surface area (TPSA) is 62.2 Å². The molecule has 2 rings (SSSR count). The second-order valence-corrected chi connectivity index (χ2v) is 5.58. The minimum Gasteiger partial charge on any atom is -0.497 e. The van der Waals surface area contributed by atoms with E-state index < -0.39 is 6.10 Å². The van der Waals surface area contributed by atoms with Gasteiger partial charge in [0, 0.05) is 13.1 Å². The Bertz CT molecular complexity index is 426. The van der Waals surface area contributed by atoms with E-state index in [1.807, 2.05) is 24.3 Å². The number of nitrogens with zero attached hydrogens (tertiary/aromatic N) is 1. The van der Waals surface area contributed by atoms with Crippen LogP contribution in [0.5, 0.6) is 5.75 Å². The van der Waals surface area contributed by atoms with E-state index in [-0.39, 0.29) is 6.10 Å². The van der Waals surface area contributed by atoms with E-state index >= 15 is 0 Å². The summed E-state index contributed by atoms with van der Waals surface area (Å²) in [5, 5.41) is 19.6. The van der Waals surface area contributed by atoms with Crippen molar-refractivity contribution in [3.05, 3.63) is 29.8 Å². The standard InChI is InChI=1S/C16H25NO4/c1-20-16-6-2-4-13(8-16)11-21-12-15(19)10-17-7-3-5-14(18)9-17/h2,4,6,8,14-15,18-19H,3,5,7,9-12H2,1H3/t14-,15-/m1/s1. The number of rotatable bonds is 7. The van der Waals surface area contributed by atoms with E-state index in [0.29, 0.717) is 26.3 Å². The summed E-state index contributed by atoms with van der Waals surface area (Å²) in [5.41, 5.74) is 1.02. The van der Waals surface area contributed by atoms with Gasteiger partial charge in [-0.25, -0.2) is 0 Å². The molecule has 0 bridgehead atoms. The van der Waals surface area contributed by atoms with Crippen LogP contribution in [0.2, 0.25) is 0 Å². The van der Waals surface area contributed by atoms with E-state index in [2.05, 4.69) is 4.90 Å². The molecule has 0 aromatic heterocycles. The fourth-order valence-electron chi connectivity index (χ4n) is 2.62. The molecule has 5 nitrogen and oxygen atoms in total. The second-order valence-electron chi connectivity index (χ2n) is 5.58. The molecule has 118 valence electrons. The molecule has 0 saturated carbocycles. The molecule has 1 fully saturated rings. The third-order valence-corrected chi connectivity index (χ3v) is 3.66. The molecule has 0 aliphatic carbocycles. The lowest BCUT2D eigenvalue weighted by atomic mass is 10.1. The van der Waals surface area contributed by atoms with Gasteiger partial charge in [-0.3, -0.25) is 4.90 Å². The van der Waals surface area contributed by atoms with Crippen molar-refractivity contribution < 1.29 is 19.7 Å². The van der Waals surface area contributed by atoms with Crippen LogP contribution >= 0.6 is 0 Å². The maximum Gasteiger partial charge on any atom is 0.119 e. The monoisotopic (exact) mass is 295 g/mol. The lowest BCUT2D eigenvalue weighted by Crippen LogP contribution is -2.43. The van der Waals surface area contributed by atoms with E-state index in [1.54, 1.807) is 7.11 Å². The van der Waals surface area contributed by atoms with Gasteiger partial charge in [-0.05, 0) is 37.1 Å². The zero-order chi connectivity index (χ0) is 15.1. The third kappa shape index (κ3) is 5.63.